The van der Waals surface area contributed by atoms with Gasteiger partial charge >= 0.3 is 6.09 Å². The summed E-state index contributed by atoms with van der Waals surface area (Å²) in [6.07, 6.45) is 1.56. The Morgan fingerprint density at radius 1 is 1.00 bits per heavy atom. The molecule has 1 aliphatic rings. The summed E-state index contributed by atoms with van der Waals surface area (Å²) < 4.78 is 5.33. The molecule has 1 fully saturated rings. The first-order valence-corrected chi connectivity index (χ1v) is 13.8. The second kappa shape index (κ2) is 12.1. The van der Waals surface area contributed by atoms with Gasteiger partial charge in [0.2, 0.25) is 5.91 Å². The van der Waals surface area contributed by atoms with E-state index in [1.807, 2.05) is 74.5 Å². The molecule has 8 nitrogen and oxygen atoms in total. The number of hydrogen-bond acceptors (Lipinski definition) is 5. The van der Waals surface area contributed by atoms with Gasteiger partial charge in [-0.05, 0) is 87.9 Å². The number of amides is 3. The maximum Gasteiger partial charge on any atom is 0.408 e. The van der Waals surface area contributed by atoms with Crippen molar-refractivity contribution in [2.75, 3.05) is 11.9 Å². The number of carbonyl (C=O) groups excluding carboxylic acids is 3. The Kier molecular flexibility index (Phi) is 8.79. The van der Waals surface area contributed by atoms with Gasteiger partial charge < -0.3 is 25.4 Å². The molecule has 0 spiro atoms. The summed E-state index contributed by atoms with van der Waals surface area (Å²) in [7, 11) is 0. The van der Waals surface area contributed by atoms with Crippen LogP contribution in [-0.2, 0) is 14.3 Å². The molecule has 0 aromatic heterocycles. The summed E-state index contributed by atoms with van der Waals surface area (Å²) >= 11 is 0. The zero-order chi connectivity index (χ0) is 29.0. The van der Waals surface area contributed by atoms with Crippen molar-refractivity contribution in [1.29, 1.82) is 0 Å². The molecule has 2 atom stereocenters. The minimum absolute atomic E-state index is 0.213. The zero-order valence-electron chi connectivity index (χ0n) is 23.9. The minimum Gasteiger partial charge on any atom is -0.444 e. The fourth-order valence-electron chi connectivity index (χ4n) is 5.03. The Morgan fingerprint density at radius 2 is 1.70 bits per heavy atom. The molecular formula is C32H39N3O5. The highest BCUT2D eigenvalue weighted by Gasteiger charge is 2.42. The van der Waals surface area contributed by atoms with Gasteiger partial charge in [0.1, 0.15) is 17.7 Å². The first-order chi connectivity index (χ1) is 19.0. The van der Waals surface area contributed by atoms with E-state index in [4.69, 9.17) is 4.74 Å². The Morgan fingerprint density at radius 3 is 2.30 bits per heavy atom. The lowest BCUT2D eigenvalue weighted by atomic mass is 9.87. The van der Waals surface area contributed by atoms with Crippen molar-refractivity contribution in [3.05, 3.63) is 77.4 Å². The third-order valence-corrected chi connectivity index (χ3v) is 7.16. The predicted octanol–water partition coefficient (Wildman–Crippen LogP) is 5.40. The second-order valence-electron chi connectivity index (χ2n) is 11.5. The standard InChI is InChI=1S/C32H39N3O5/c1-20-13-16-26(21(2)17-20)28(29(37)33-24-15-14-22-9-6-7-10-23(22)18-24)35(25-11-8-12-25)30(38)27(19-36)34-31(39)40-32(3,4)5/h6-7,9-10,13-18,25,27-28,36H,8,11-12,19H2,1-5H3,(H,33,37)(H,34,39). The fraction of sp³-hybridized carbons (Fsp3) is 0.406. The highest BCUT2D eigenvalue weighted by atomic mass is 16.6. The van der Waals surface area contributed by atoms with E-state index < -0.39 is 36.3 Å². The number of aliphatic hydroxyl groups is 1. The number of rotatable bonds is 8. The Bertz CT molecular complexity index is 1390. The topological polar surface area (TPSA) is 108 Å². The number of ether oxygens (including phenoxy) is 1. The Labute approximate surface area is 235 Å². The third-order valence-electron chi connectivity index (χ3n) is 7.16. The van der Waals surface area contributed by atoms with Crippen LogP contribution in [0.3, 0.4) is 0 Å². The summed E-state index contributed by atoms with van der Waals surface area (Å²) in [5, 5.41) is 17.7. The van der Waals surface area contributed by atoms with Gasteiger partial charge in [-0.2, -0.15) is 0 Å². The van der Waals surface area contributed by atoms with Gasteiger partial charge in [0.15, 0.2) is 0 Å². The molecule has 2 unspecified atom stereocenters. The molecule has 1 aliphatic carbocycles. The highest BCUT2D eigenvalue weighted by Crippen LogP contribution is 2.36. The van der Waals surface area contributed by atoms with Crippen LogP contribution in [0.5, 0.6) is 0 Å². The molecule has 0 saturated heterocycles. The van der Waals surface area contributed by atoms with Crippen molar-refractivity contribution in [2.24, 2.45) is 0 Å². The summed E-state index contributed by atoms with van der Waals surface area (Å²) in [5.74, 6) is -0.895. The summed E-state index contributed by atoms with van der Waals surface area (Å²) in [4.78, 5) is 42.2. The minimum atomic E-state index is -1.27. The van der Waals surface area contributed by atoms with E-state index in [0.717, 1.165) is 41.2 Å². The van der Waals surface area contributed by atoms with Crippen LogP contribution in [0.2, 0.25) is 0 Å². The molecule has 3 aromatic rings. The van der Waals surface area contributed by atoms with Gasteiger partial charge in [0.25, 0.3) is 5.91 Å². The molecule has 3 amide bonds. The first kappa shape index (κ1) is 29.1. The molecule has 8 heteroatoms. The van der Waals surface area contributed by atoms with Gasteiger partial charge in [-0.1, -0.05) is 54.1 Å². The molecule has 0 bridgehead atoms. The molecular weight excluding hydrogens is 506 g/mol. The van der Waals surface area contributed by atoms with Gasteiger partial charge in [0.05, 0.1) is 6.61 Å². The van der Waals surface area contributed by atoms with Crippen LogP contribution in [0.4, 0.5) is 10.5 Å². The van der Waals surface area contributed by atoms with Crippen LogP contribution in [0, 0.1) is 13.8 Å². The number of nitrogens with one attached hydrogen (secondary N) is 2. The number of fused-ring (bicyclic) bond motifs is 1. The SMILES string of the molecule is Cc1ccc(C(C(=O)Nc2ccc3ccccc3c2)N(C(=O)C(CO)NC(=O)OC(C)(C)C)C2CCC2)c(C)c1. The largest absolute Gasteiger partial charge is 0.444 e. The van der Waals surface area contributed by atoms with Crippen molar-refractivity contribution in [3.8, 4) is 0 Å². The van der Waals surface area contributed by atoms with Gasteiger partial charge in [-0.3, -0.25) is 9.59 Å². The lowest BCUT2D eigenvalue weighted by molar-refractivity contribution is -0.146. The van der Waals surface area contributed by atoms with Crippen molar-refractivity contribution in [3.63, 3.8) is 0 Å². The van der Waals surface area contributed by atoms with E-state index in [1.54, 1.807) is 25.7 Å². The van der Waals surface area contributed by atoms with Crippen LogP contribution in [0.25, 0.3) is 10.8 Å². The number of benzene rings is 3. The fourth-order valence-corrected chi connectivity index (χ4v) is 5.03. The number of hydrogen-bond donors (Lipinski definition) is 3. The highest BCUT2D eigenvalue weighted by molar-refractivity contribution is 6.00. The lowest BCUT2D eigenvalue weighted by Crippen LogP contribution is -2.58. The Balaban J connectivity index is 1.71. The van der Waals surface area contributed by atoms with Crippen molar-refractivity contribution in [2.45, 2.75) is 77.6 Å². The normalized spacial score (nSPS) is 15.1. The lowest BCUT2D eigenvalue weighted by Gasteiger charge is -2.43. The number of alkyl carbamates (subject to hydrolysis) is 1. The average molecular weight is 546 g/mol. The molecule has 4 rings (SSSR count). The van der Waals surface area contributed by atoms with E-state index in [0.29, 0.717) is 11.3 Å². The maximum absolute atomic E-state index is 14.1. The molecule has 1 saturated carbocycles. The van der Waals surface area contributed by atoms with Crippen molar-refractivity contribution < 1.29 is 24.2 Å². The van der Waals surface area contributed by atoms with Crippen LogP contribution < -0.4 is 10.6 Å². The van der Waals surface area contributed by atoms with Crippen molar-refractivity contribution >= 4 is 34.4 Å². The second-order valence-corrected chi connectivity index (χ2v) is 11.5. The quantitative estimate of drug-likeness (QED) is 0.351. The Hall–Kier alpha value is -3.91. The third kappa shape index (κ3) is 6.80. The van der Waals surface area contributed by atoms with Crippen LogP contribution in [-0.4, -0.2) is 52.2 Å². The number of anilines is 1. The smallest absolute Gasteiger partial charge is 0.408 e. The van der Waals surface area contributed by atoms with E-state index in [9.17, 15) is 19.5 Å². The summed E-state index contributed by atoms with van der Waals surface area (Å²) in [6, 6.07) is 16.9. The molecule has 3 N–H and O–H groups in total. The van der Waals surface area contributed by atoms with E-state index in [2.05, 4.69) is 10.6 Å². The maximum atomic E-state index is 14.1. The van der Waals surface area contributed by atoms with Crippen molar-refractivity contribution in [1.82, 2.24) is 10.2 Å². The van der Waals surface area contributed by atoms with Crippen LogP contribution in [0.15, 0.2) is 60.7 Å². The first-order valence-electron chi connectivity index (χ1n) is 13.8. The number of aliphatic hydroxyl groups excluding tert-OH is 1. The van der Waals surface area contributed by atoms with E-state index >= 15 is 0 Å². The molecule has 40 heavy (non-hydrogen) atoms. The summed E-state index contributed by atoms with van der Waals surface area (Å²) in [5.41, 5.74) is 2.44. The van der Waals surface area contributed by atoms with E-state index in [1.165, 1.54) is 0 Å². The molecule has 0 radical (unpaired) electrons. The predicted molar refractivity (Wildman–Crippen MR) is 156 cm³/mol. The number of nitrogens with zero attached hydrogens (tertiary/aromatic N) is 1. The molecule has 3 aromatic carbocycles. The monoisotopic (exact) mass is 545 g/mol. The van der Waals surface area contributed by atoms with Gasteiger partial charge in [0, 0.05) is 11.7 Å². The summed E-state index contributed by atoms with van der Waals surface area (Å²) in [6.45, 7) is 8.42. The van der Waals surface area contributed by atoms with Gasteiger partial charge in [-0.15, -0.1) is 0 Å². The van der Waals surface area contributed by atoms with E-state index in [-0.39, 0.29) is 11.9 Å². The van der Waals surface area contributed by atoms with Crippen LogP contribution in [0.1, 0.15) is 62.8 Å². The van der Waals surface area contributed by atoms with Crippen LogP contribution >= 0.6 is 0 Å². The molecule has 212 valence electrons. The molecule has 0 heterocycles. The van der Waals surface area contributed by atoms with Gasteiger partial charge in [-0.25, -0.2) is 4.79 Å². The number of carbonyl (C=O) groups is 3. The molecule has 0 aliphatic heterocycles. The number of aryl methyl sites for hydroxylation is 2. The zero-order valence-corrected chi connectivity index (χ0v) is 23.9. The average Bonchev–Trinajstić information content (AvgIpc) is 2.85.